The van der Waals surface area contributed by atoms with Crippen LogP contribution in [-0.4, -0.2) is 46.3 Å². The Morgan fingerprint density at radius 2 is 2.11 bits per heavy atom. The zero-order valence-electron chi connectivity index (χ0n) is 14.8. The van der Waals surface area contributed by atoms with Crippen molar-refractivity contribution in [2.24, 2.45) is 0 Å². The number of β-amino-alcohol motifs (C(OH)–C–C–N with tert-alkyl or cyclic N) is 1. The molecular formula is C19H19FN4O4. The van der Waals surface area contributed by atoms with Crippen molar-refractivity contribution >= 4 is 17.1 Å². The number of benzene rings is 2. The SMILES string of the molecule is O=C(NCc1cccc(F)c1)O[C@@H]1[C@@H](O)CN[C@@H]1Cc1ccc2nonc2c1. The molecule has 1 amide bonds. The topological polar surface area (TPSA) is 110 Å². The van der Waals surface area contributed by atoms with Crippen molar-refractivity contribution < 1.29 is 23.7 Å². The van der Waals surface area contributed by atoms with Crippen LogP contribution in [0.25, 0.3) is 11.0 Å². The number of hydrogen-bond donors (Lipinski definition) is 3. The average Bonchev–Trinajstić information content (AvgIpc) is 3.28. The molecule has 0 aliphatic carbocycles. The van der Waals surface area contributed by atoms with Crippen LogP contribution in [0.1, 0.15) is 11.1 Å². The summed E-state index contributed by atoms with van der Waals surface area (Å²) in [4.78, 5) is 12.1. The lowest BCUT2D eigenvalue weighted by atomic mass is 10.0. The number of halogens is 1. The van der Waals surface area contributed by atoms with Crippen LogP contribution in [0.4, 0.5) is 9.18 Å². The van der Waals surface area contributed by atoms with E-state index >= 15 is 0 Å². The highest BCUT2D eigenvalue weighted by Gasteiger charge is 2.37. The van der Waals surface area contributed by atoms with Crippen molar-refractivity contribution in [2.75, 3.05) is 6.54 Å². The monoisotopic (exact) mass is 386 g/mol. The van der Waals surface area contributed by atoms with Crippen LogP contribution in [0.5, 0.6) is 0 Å². The summed E-state index contributed by atoms with van der Waals surface area (Å²) in [5.41, 5.74) is 2.87. The number of carbonyl (C=O) groups is 1. The van der Waals surface area contributed by atoms with E-state index in [4.69, 9.17) is 9.37 Å². The van der Waals surface area contributed by atoms with Gasteiger partial charge in [-0.15, -0.1) is 0 Å². The molecule has 0 bridgehead atoms. The number of nitrogens with zero attached hydrogens (tertiary/aromatic N) is 2. The molecule has 2 heterocycles. The Morgan fingerprint density at radius 1 is 1.25 bits per heavy atom. The molecule has 0 unspecified atom stereocenters. The largest absolute Gasteiger partial charge is 0.442 e. The number of alkyl carbamates (subject to hydrolysis) is 1. The summed E-state index contributed by atoms with van der Waals surface area (Å²) in [5.74, 6) is -0.373. The summed E-state index contributed by atoms with van der Waals surface area (Å²) < 4.78 is 23.3. The molecule has 1 aliphatic heterocycles. The molecule has 146 valence electrons. The Bertz CT molecular complexity index is 979. The number of fused-ring (bicyclic) bond motifs is 1. The highest BCUT2D eigenvalue weighted by molar-refractivity contribution is 5.73. The van der Waals surface area contributed by atoms with Crippen LogP contribution in [0, 0.1) is 5.82 Å². The number of hydrogen-bond acceptors (Lipinski definition) is 7. The number of amides is 1. The van der Waals surface area contributed by atoms with E-state index in [-0.39, 0.29) is 18.4 Å². The average molecular weight is 386 g/mol. The Hall–Kier alpha value is -3.04. The Kier molecular flexibility index (Phi) is 5.18. The zero-order valence-corrected chi connectivity index (χ0v) is 14.8. The second-order valence-corrected chi connectivity index (χ2v) is 6.73. The zero-order chi connectivity index (χ0) is 19.5. The Balaban J connectivity index is 1.36. The van der Waals surface area contributed by atoms with Gasteiger partial charge >= 0.3 is 6.09 Å². The maximum Gasteiger partial charge on any atom is 0.407 e. The fraction of sp³-hybridized carbons (Fsp3) is 0.316. The molecular weight excluding hydrogens is 367 g/mol. The lowest BCUT2D eigenvalue weighted by Crippen LogP contribution is -2.41. The molecule has 8 nitrogen and oxygen atoms in total. The van der Waals surface area contributed by atoms with Gasteiger partial charge in [0.05, 0.1) is 6.04 Å². The minimum atomic E-state index is -0.817. The molecule has 0 spiro atoms. The van der Waals surface area contributed by atoms with Crippen molar-refractivity contribution in [1.82, 2.24) is 20.9 Å². The predicted molar refractivity (Wildman–Crippen MR) is 96.8 cm³/mol. The first kappa shape index (κ1) is 18.3. The van der Waals surface area contributed by atoms with E-state index in [0.717, 1.165) is 5.56 Å². The minimum Gasteiger partial charge on any atom is -0.442 e. The number of nitrogens with one attached hydrogen (secondary N) is 2. The van der Waals surface area contributed by atoms with Gasteiger partial charge in [0.1, 0.15) is 29.1 Å². The third kappa shape index (κ3) is 4.10. The van der Waals surface area contributed by atoms with Crippen LogP contribution in [0.3, 0.4) is 0 Å². The first-order valence-electron chi connectivity index (χ1n) is 8.90. The summed E-state index contributed by atoms with van der Waals surface area (Å²) in [6, 6.07) is 11.2. The number of aliphatic hydroxyl groups excluding tert-OH is 1. The molecule has 2 aromatic carbocycles. The van der Waals surface area contributed by atoms with Gasteiger partial charge in [0.2, 0.25) is 0 Å². The lowest BCUT2D eigenvalue weighted by Gasteiger charge is -2.22. The quantitative estimate of drug-likeness (QED) is 0.610. The summed E-state index contributed by atoms with van der Waals surface area (Å²) in [5, 5.41) is 23.5. The van der Waals surface area contributed by atoms with Gasteiger partial charge in [-0.3, -0.25) is 0 Å². The lowest BCUT2D eigenvalue weighted by molar-refractivity contribution is 0.0188. The third-order valence-electron chi connectivity index (χ3n) is 4.71. The summed E-state index contributed by atoms with van der Waals surface area (Å²) in [6.45, 7) is 0.452. The van der Waals surface area contributed by atoms with E-state index in [1.54, 1.807) is 18.2 Å². The van der Waals surface area contributed by atoms with Gasteiger partial charge in [-0.05, 0) is 52.1 Å². The molecule has 4 rings (SSSR count). The van der Waals surface area contributed by atoms with E-state index in [9.17, 15) is 14.3 Å². The molecule has 1 fully saturated rings. The first-order valence-corrected chi connectivity index (χ1v) is 8.90. The first-order chi connectivity index (χ1) is 13.6. The molecule has 0 saturated carbocycles. The third-order valence-corrected chi connectivity index (χ3v) is 4.71. The van der Waals surface area contributed by atoms with Crippen molar-refractivity contribution in [3.05, 3.63) is 59.4 Å². The molecule has 1 saturated heterocycles. The van der Waals surface area contributed by atoms with Gasteiger partial charge in [0.25, 0.3) is 0 Å². The van der Waals surface area contributed by atoms with Crippen molar-refractivity contribution in [1.29, 1.82) is 0 Å². The molecule has 0 radical (unpaired) electrons. The summed E-state index contributed by atoms with van der Waals surface area (Å²) in [7, 11) is 0. The number of aromatic nitrogens is 2. The molecule has 28 heavy (non-hydrogen) atoms. The second kappa shape index (κ2) is 7.91. The van der Waals surface area contributed by atoms with Gasteiger partial charge in [-0.25, -0.2) is 13.8 Å². The van der Waals surface area contributed by atoms with E-state index in [0.29, 0.717) is 29.6 Å². The van der Waals surface area contributed by atoms with E-state index in [1.165, 1.54) is 12.1 Å². The van der Waals surface area contributed by atoms with Crippen LogP contribution < -0.4 is 10.6 Å². The maximum absolute atomic E-state index is 13.2. The van der Waals surface area contributed by atoms with Crippen molar-refractivity contribution in [3.63, 3.8) is 0 Å². The number of aliphatic hydroxyl groups is 1. The smallest absolute Gasteiger partial charge is 0.407 e. The number of ether oxygens (including phenoxy) is 1. The van der Waals surface area contributed by atoms with Crippen molar-refractivity contribution in [2.45, 2.75) is 31.2 Å². The molecule has 3 atom stereocenters. The van der Waals surface area contributed by atoms with Crippen molar-refractivity contribution in [3.8, 4) is 0 Å². The van der Waals surface area contributed by atoms with Gasteiger partial charge in [-0.2, -0.15) is 0 Å². The fourth-order valence-electron chi connectivity index (χ4n) is 3.32. The Morgan fingerprint density at radius 3 is 2.96 bits per heavy atom. The van der Waals surface area contributed by atoms with Gasteiger partial charge in [0, 0.05) is 13.1 Å². The summed E-state index contributed by atoms with van der Waals surface area (Å²) >= 11 is 0. The predicted octanol–water partition coefficient (Wildman–Crippen LogP) is 1.53. The van der Waals surface area contributed by atoms with Crippen LogP contribution in [0.15, 0.2) is 47.1 Å². The second-order valence-electron chi connectivity index (χ2n) is 6.73. The molecule has 9 heteroatoms. The Labute approximate surface area is 159 Å². The molecule has 3 N–H and O–H groups in total. The standard InChI is InChI=1S/C19H19FN4O4/c20-13-3-1-2-12(6-13)9-22-19(26)27-18-16(21-10-17(18)25)8-11-4-5-14-15(7-11)24-28-23-14/h1-7,16-18,21,25H,8-10H2,(H,22,26)/t16-,17+,18+/m1/s1. The van der Waals surface area contributed by atoms with Gasteiger partial charge in [-0.1, -0.05) is 18.2 Å². The van der Waals surface area contributed by atoms with Crippen LogP contribution in [0.2, 0.25) is 0 Å². The molecule has 3 aromatic rings. The summed E-state index contributed by atoms with van der Waals surface area (Å²) in [6.07, 6.45) is -1.67. The minimum absolute atomic E-state index is 0.132. The number of rotatable bonds is 5. The van der Waals surface area contributed by atoms with Gasteiger partial charge < -0.3 is 20.5 Å². The van der Waals surface area contributed by atoms with Crippen LogP contribution in [-0.2, 0) is 17.7 Å². The van der Waals surface area contributed by atoms with E-state index in [1.807, 2.05) is 12.1 Å². The molecule has 1 aliphatic rings. The fourth-order valence-corrected chi connectivity index (χ4v) is 3.32. The van der Waals surface area contributed by atoms with Crippen LogP contribution >= 0.6 is 0 Å². The highest BCUT2D eigenvalue weighted by atomic mass is 19.1. The van der Waals surface area contributed by atoms with E-state index in [2.05, 4.69) is 20.9 Å². The normalized spacial score (nSPS) is 21.7. The van der Waals surface area contributed by atoms with E-state index < -0.39 is 18.3 Å². The number of carbonyl (C=O) groups excluding carboxylic acids is 1. The van der Waals surface area contributed by atoms with Gasteiger partial charge in [0.15, 0.2) is 0 Å². The maximum atomic E-state index is 13.2. The molecule has 1 aromatic heterocycles. The highest BCUT2D eigenvalue weighted by Crippen LogP contribution is 2.19.